The Labute approximate surface area is 124 Å². The number of halogens is 1. The van der Waals surface area contributed by atoms with Crippen LogP contribution in [0.1, 0.15) is 6.92 Å². The van der Waals surface area contributed by atoms with E-state index in [1.807, 2.05) is 12.1 Å². The molecular formula is C13H13BrN6. The SMILES string of the molecule is CC(Cn1cncn1)Nc1ccnc2cc(Br)cnc12. The first-order valence-electron chi connectivity index (χ1n) is 6.21. The zero-order valence-corrected chi connectivity index (χ0v) is 12.4. The number of aromatic nitrogens is 5. The van der Waals surface area contributed by atoms with E-state index in [4.69, 9.17) is 0 Å². The lowest BCUT2D eigenvalue weighted by molar-refractivity contribution is 0.560. The highest BCUT2D eigenvalue weighted by Gasteiger charge is 2.08. The molecule has 0 aliphatic rings. The highest BCUT2D eigenvalue weighted by atomic mass is 79.9. The smallest absolute Gasteiger partial charge is 0.137 e. The standard InChI is InChI=1S/C13H13BrN6/c1-9(6-20-8-15-7-18-20)19-11-2-3-16-12-4-10(14)5-17-13(11)12/h2-5,7-9H,6H2,1H3,(H,16,19). The summed E-state index contributed by atoms with van der Waals surface area (Å²) in [4.78, 5) is 12.7. The van der Waals surface area contributed by atoms with Crippen molar-refractivity contribution in [3.05, 3.63) is 41.7 Å². The molecule has 0 radical (unpaired) electrons. The molecule has 0 aliphatic heterocycles. The van der Waals surface area contributed by atoms with Crippen LogP contribution in [0.25, 0.3) is 11.0 Å². The fourth-order valence-corrected chi connectivity index (χ4v) is 2.36. The number of hydrogen-bond donors (Lipinski definition) is 1. The molecule has 102 valence electrons. The second kappa shape index (κ2) is 5.54. The maximum absolute atomic E-state index is 4.42. The molecule has 7 heteroatoms. The molecular weight excluding hydrogens is 320 g/mol. The molecule has 20 heavy (non-hydrogen) atoms. The maximum atomic E-state index is 4.42. The number of nitrogens with zero attached hydrogens (tertiary/aromatic N) is 5. The van der Waals surface area contributed by atoms with Crippen molar-refractivity contribution in [2.45, 2.75) is 19.5 Å². The Morgan fingerprint density at radius 2 is 2.30 bits per heavy atom. The fraction of sp³-hybridized carbons (Fsp3) is 0.231. The molecule has 3 aromatic heterocycles. The largest absolute Gasteiger partial charge is 0.379 e. The summed E-state index contributed by atoms with van der Waals surface area (Å²) in [6.07, 6.45) is 6.80. The van der Waals surface area contributed by atoms with E-state index in [1.165, 1.54) is 6.33 Å². The minimum Gasteiger partial charge on any atom is -0.379 e. The molecule has 6 nitrogen and oxygen atoms in total. The Kier molecular flexibility index (Phi) is 3.60. The molecule has 3 heterocycles. The van der Waals surface area contributed by atoms with Crippen LogP contribution >= 0.6 is 15.9 Å². The van der Waals surface area contributed by atoms with E-state index >= 15 is 0 Å². The molecule has 0 saturated carbocycles. The lowest BCUT2D eigenvalue weighted by Gasteiger charge is -2.16. The van der Waals surface area contributed by atoms with E-state index in [2.05, 4.69) is 48.2 Å². The van der Waals surface area contributed by atoms with Crippen LogP contribution in [-0.4, -0.2) is 30.8 Å². The van der Waals surface area contributed by atoms with Gasteiger partial charge in [0.05, 0.1) is 17.7 Å². The van der Waals surface area contributed by atoms with Gasteiger partial charge in [0.15, 0.2) is 0 Å². The minimum atomic E-state index is 0.202. The lowest BCUT2D eigenvalue weighted by Crippen LogP contribution is -2.22. The van der Waals surface area contributed by atoms with Gasteiger partial charge in [0, 0.05) is 22.9 Å². The van der Waals surface area contributed by atoms with Gasteiger partial charge in [-0.2, -0.15) is 5.10 Å². The van der Waals surface area contributed by atoms with E-state index in [0.29, 0.717) is 0 Å². The predicted molar refractivity (Wildman–Crippen MR) is 80.3 cm³/mol. The molecule has 0 amide bonds. The molecule has 0 aliphatic carbocycles. The van der Waals surface area contributed by atoms with Gasteiger partial charge in [-0.1, -0.05) is 0 Å². The van der Waals surface area contributed by atoms with Gasteiger partial charge in [-0.15, -0.1) is 0 Å². The molecule has 1 unspecified atom stereocenters. The first kappa shape index (κ1) is 13.0. The molecule has 0 aromatic carbocycles. The Balaban J connectivity index is 1.83. The third-order valence-corrected chi connectivity index (χ3v) is 3.31. The van der Waals surface area contributed by atoms with Crippen molar-refractivity contribution in [2.24, 2.45) is 0 Å². The van der Waals surface area contributed by atoms with Crippen LogP contribution in [0.4, 0.5) is 5.69 Å². The number of pyridine rings is 2. The molecule has 1 atom stereocenters. The fourth-order valence-electron chi connectivity index (χ4n) is 2.04. The quantitative estimate of drug-likeness (QED) is 0.794. The monoisotopic (exact) mass is 332 g/mol. The molecule has 3 aromatic rings. The van der Waals surface area contributed by atoms with Crippen LogP contribution in [-0.2, 0) is 6.54 Å². The first-order valence-corrected chi connectivity index (χ1v) is 7.01. The Morgan fingerprint density at radius 1 is 1.40 bits per heavy atom. The van der Waals surface area contributed by atoms with Crippen LogP contribution in [0.15, 0.2) is 41.7 Å². The van der Waals surface area contributed by atoms with Gasteiger partial charge in [0.1, 0.15) is 18.2 Å². The van der Waals surface area contributed by atoms with E-state index in [1.54, 1.807) is 23.4 Å². The van der Waals surface area contributed by atoms with Crippen LogP contribution < -0.4 is 5.32 Å². The van der Waals surface area contributed by atoms with Crippen molar-refractivity contribution in [3.63, 3.8) is 0 Å². The number of hydrogen-bond acceptors (Lipinski definition) is 5. The van der Waals surface area contributed by atoms with Gasteiger partial charge in [-0.05, 0) is 35.0 Å². The number of anilines is 1. The number of nitrogens with one attached hydrogen (secondary N) is 1. The van der Waals surface area contributed by atoms with Crippen LogP contribution in [0.3, 0.4) is 0 Å². The second-order valence-corrected chi connectivity index (χ2v) is 5.46. The zero-order chi connectivity index (χ0) is 13.9. The van der Waals surface area contributed by atoms with E-state index in [0.717, 1.165) is 27.7 Å². The molecule has 0 fully saturated rings. The molecule has 0 saturated heterocycles. The van der Waals surface area contributed by atoms with Gasteiger partial charge in [-0.3, -0.25) is 14.6 Å². The van der Waals surface area contributed by atoms with E-state index < -0.39 is 0 Å². The molecule has 3 rings (SSSR count). The summed E-state index contributed by atoms with van der Waals surface area (Å²) >= 11 is 3.41. The van der Waals surface area contributed by atoms with Crippen molar-refractivity contribution in [3.8, 4) is 0 Å². The number of rotatable bonds is 4. The van der Waals surface area contributed by atoms with Gasteiger partial charge >= 0.3 is 0 Å². The molecule has 0 bridgehead atoms. The van der Waals surface area contributed by atoms with Crippen LogP contribution in [0.2, 0.25) is 0 Å². The van der Waals surface area contributed by atoms with Gasteiger partial charge in [0.2, 0.25) is 0 Å². The third-order valence-electron chi connectivity index (χ3n) is 2.87. The van der Waals surface area contributed by atoms with Crippen molar-refractivity contribution in [2.75, 3.05) is 5.32 Å². The summed E-state index contributed by atoms with van der Waals surface area (Å²) in [6.45, 7) is 2.83. The van der Waals surface area contributed by atoms with Gasteiger partial charge in [-0.25, -0.2) is 4.98 Å². The summed E-state index contributed by atoms with van der Waals surface area (Å²) in [5.74, 6) is 0. The van der Waals surface area contributed by atoms with Crippen LogP contribution in [0, 0.1) is 0 Å². The Hall–Kier alpha value is -2.02. The van der Waals surface area contributed by atoms with Crippen molar-refractivity contribution in [1.29, 1.82) is 0 Å². The third kappa shape index (κ3) is 2.77. The van der Waals surface area contributed by atoms with E-state index in [-0.39, 0.29) is 6.04 Å². The summed E-state index contributed by atoms with van der Waals surface area (Å²) in [7, 11) is 0. The average Bonchev–Trinajstić information content (AvgIpc) is 2.91. The van der Waals surface area contributed by atoms with Gasteiger partial charge in [0.25, 0.3) is 0 Å². The summed E-state index contributed by atoms with van der Waals surface area (Å²) in [5, 5.41) is 7.54. The van der Waals surface area contributed by atoms with Gasteiger partial charge < -0.3 is 5.32 Å². The normalized spacial score (nSPS) is 12.5. The maximum Gasteiger partial charge on any atom is 0.137 e. The van der Waals surface area contributed by atoms with Crippen LogP contribution in [0.5, 0.6) is 0 Å². The molecule has 1 N–H and O–H groups in total. The number of fused-ring (bicyclic) bond motifs is 1. The van der Waals surface area contributed by atoms with Crippen molar-refractivity contribution < 1.29 is 0 Å². The predicted octanol–water partition coefficient (Wildman–Crippen LogP) is 2.48. The molecule has 0 spiro atoms. The topological polar surface area (TPSA) is 68.5 Å². The lowest BCUT2D eigenvalue weighted by atomic mass is 10.2. The highest BCUT2D eigenvalue weighted by Crippen LogP contribution is 2.22. The summed E-state index contributed by atoms with van der Waals surface area (Å²) in [6, 6.07) is 4.09. The second-order valence-electron chi connectivity index (χ2n) is 4.54. The zero-order valence-electron chi connectivity index (χ0n) is 10.9. The average molecular weight is 333 g/mol. The van der Waals surface area contributed by atoms with E-state index in [9.17, 15) is 0 Å². The summed E-state index contributed by atoms with van der Waals surface area (Å²) in [5.41, 5.74) is 2.69. The van der Waals surface area contributed by atoms with Crippen molar-refractivity contribution in [1.82, 2.24) is 24.7 Å². The first-order chi connectivity index (χ1) is 9.72. The summed E-state index contributed by atoms with van der Waals surface area (Å²) < 4.78 is 2.72. The Morgan fingerprint density at radius 3 is 3.10 bits per heavy atom. The highest BCUT2D eigenvalue weighted by molar-refractivity contribution is 9.10. The minimum absolute atomic E-state index is 0.202. The van der Waals surface area contributed by atoms with Crippen molar-refractivity contribution >= 4 is 32.7 Å². The Bertz CT molecular complexity index is 712.